The summed E-state index contributed by atoms with van der Waals surface area (Å²) in [7, 11) is 0. The second-order valence-corrected chi connectivity index (χ2v) is 4.50. The van der Waals surface area contributed by atoms with Crippen molar-refractivity contribution in [1.29, 1.82) is 0 Å². The number of nitrogens with one attached hydrogen (secondary N) is 1. The van der Waals surface area contributed by atoms with Gasteiger partial charge in [-0.1, -0.05) is 24.3 Å². The van der Waals surface area contributed by atoms with Crippen molar-refractivity contribution >= 4 is 11.6 Å². The van der Waals surface area contributed by atoms with Crippen LogP contribution in [0.4, 0.5) is 5.69 Å². The molecule has 1 N–H and O–H groups in total. The molecule has 2 aromatic rings. The summed E-state index contributed by atoms with van der Waals surface area (Å²) in [5.74, 6) is 0.558. The van der Waals surface area contributed by atoms with Crippen molar-refractivity contribution in [3.05, 3.63) is 54.4 Å². The minimum atomic E-state index is -0.264. The number of carbonyl (C=O) groups is 1. The highest BCUT2D eigenvalue weighted by Gasteiger charge is 2.03. The van der Waals surface area contributed by atoms with Crippen molar-refractivity contribution in [3.8, 4) is 5.75 Å². The fourth-order valence-electron chi connectivity index (χ4n) is 1.79. The molecular weight excluding hydrogens is 254 g/mol. The smallest absolute Gasteiger partial charge is 0.247 e. The van der Waals surface area contributed by atoms with Gasteiger partial charge in [-0.3, -0.25) is 4.79 Å². The molecule has 1 heterocycles. The van der Waals surface area contributed by atoms with E-state index >= 15 is 0 Å². The van der Waals surface area contributed by atoms with Crippen LogP contribution in [0.3, 0.4) is 0 Å². The summed E-state index contributed by atoms with van der Waals surface area (Å²) in [5, 5.41) is 6.74. The van der Waals surface area contributed by atoms with Gasteiger partial charge in [0.15, 0.2) is 6.73 Å². The molecule has 0 aliphatic rings. The van der Waals surface area contributed by atoms with Gasteiger partial charge >= 0.3 is 0 Å². The van der Waals surface area contributed by atoms with Crippen LogP contribution in [0, 0.1) is 13.8 Å². The summed E-state index contributed by atoms with van der Waals surface area (Å²) in [6, 6.07) is 6.00. The first-order valence-corrected chi connectivity index (χ1v) is 6.24. The van der Waals surface area contributed by atoms with E-state index in [1.54, 1.807) is 17.1 Å². The van der Waals surface area contributed by atoms with E-state index in [1.807, 2.05) is 26.0 Å². The van der Waals surface area contributed by atoms with Crippen molar-refractivity contribution in [1.82, 2.24) is 9.78 Å². The SMILES string of the molecule is C=CC(=O)Nc1cnn(COc2ccc(C)cc2C)c1. The predicted octanol–water partition coefficient (Wildman–Crippen LogP) is 2.66. The van der Waals surface area contributed by atoms with Gasteiger partial charge in [0, 0.05) is 0 Å². The Morgan fingerprint density at radius 3 is 3.00 bits per heavy atom. The third-order valence-corrected chi connectivity index (χ3v) is 2.77. The molecule has 0 atom stereocenters. The third kappa shape index (κ3) is 3.47. The molecule has 20 heavy (non-hydrogen) atoms. The number of rotatable bonds is 5. The van der Waals surface area contributed by atoms with Crippen LogP contribution >= 0.6 is 0 Å². The number of carbonyl (C=O) groups excluding carboxylic acids is 1. The molecule has 0 bridgehead atoms. The summed E-state index contributed by atoms with van der Waals surface area (Å²) in [6.45, 7) is 7.72. The Hall–Kier alpha value is -2.56. The van der Waals surface area contributed by atoms with Crippen LogP contribution in [-0.4, -0.2) is 15.7 Å². The van der Waals surface area contributed by atoms with Gasteiger partial charge in [0.2, 0.25) is 5.91 Å². The van der Waals surface area contributed by atoms with Crippen LogP contribution in [0.1, 0.15) is 11.1 Å². The fourth-order valence-corrected chi connectivity index (χ4v) is 1.79. The molecule has 1 aromatic carbocycles. The van der Waals surface area contributed by atoms with Gasteiger partial charge in [0.25, 0.3) is 0 Å². The molecule has 0 spiro atoms. The molecule has 0 aliphatic carbocycles. The number of aryl methyl sites for hydroxylation is 2. The van der Waals surface area contributed by atoms with E-state index in [9.17, 15) is 4.79 Å². The molecule has 0 fully saturated rings. The van der Waals surface area contributed by atoms with Gasteiger partial charge in [-0.15, -0.1) is 0 Å². The zero-order valence-electron chi connectivity index (χ0n) is 11.6. The highest BCUT2D eigenvalue weighted by molar-refractivity contribution is 5.98. The lowest BCUT2D eigenvalue weighted by Gasteiger charge is -2.09. The van der Waals surface area contributed by atoms with E-state index in [0.717, 1.165) is 11.3 Å². The van der Waals surface area contributed by atoms with E-state index in [0.29, 0.717) is 5.69 Å². The van der Waals surface area contributed by atoms with Crippen LogP contribution in [0.25, 0.3) is 0 Å². The minimum absolute atomic E-state index is 0.264. The summed E-state index contributed by atoms with van der Waals surface area (Å²) in [5.41, 5.74) is 2.89. The Labute approximate surface area is 117 Å². The maximum atomic E-state index is 11.1. The molecule has 0 unspecified atom stereocenters. The van der Waals surface area contributed by atoms with Gasteiger partial charge in [-0.25, -0.2) is 4.68 Å². The second kappa shape index (κ2) is 6.06. The molecular formula is C15H17N3O2. The largest absolute Gasteiger partial charge is 0.471 e. The molecule has 5 nitrogen and oxygen atoms in total. The first-order valence-electron chi connectivity index (χ1n) is 6.24. The normalized spacial score (nSPS) is 10.1. The quantitative estimate of drug-likeness (QED) is 0.851. The lowest BCUT2D eigenvalue weighted by atomic mass is 10.1. The van der Waals surface area contributed by atoms with E-state index in [2.05, 4.69) is 23.1 Å². The van der Waals surface area contributed by atoms with Crippen LogP contribution in [0.5, 0.6) is 5.75 Å². The van der Waals surface area contributed by atoms with Crippen LogP contribution in [-0.2, 0) is 11.5 Å². The average Bonchev–Trinajstić information content (AvgIpc) is 2.85. The van der Waals surface area contributed by atoms with E-state index < -0.39 is 0 Å². The van der Waals surface area contributed by atoms with Crippen molar-refractivity contribution in [3.63, 3.8) is 0 Å². The Balaban J connectivity index is 1.97. The average molecular weight is 271 g/mol. The van der Waals surface area contributed by atoms with Crippen LogP contribution in [0.2, 0.25) is 0 Å². The number of ether oxygens (including phenoxy) is 1. The van der Waals surface area contributed by atoms with Gasteiger partial charge in [0.05, 0.1) is 18.1 Å². The highest BCUT2D eigenvalue weighted by Crippen LogP contribution is 2.19. The molecule has 2 rings (SSSR count). The molecule has 0 radical (unpaired) electrons. The molecule has 5 heteroatoms. The van der Waals surface area contributed by atoms with Crippen molar-refractivity contribution in [2.45, 2.75) is 20.6 Å². The first-order chi connectivity index (χ1) is 9.58. The standard InChI is InChI=1S/C15H17N3O2/c1-4-15(19)17-13-8-16-18(9-13)10-20-14-6-5-11(2)7-12(14)3/h4-9H,1,10H2,2-3H3,(H,17,19). The number of aromatic nitrogens is 2. The monoisotopic (exact) mass is 271 g/mol. The van der Waals surface area contributed by atoms with Crippen molar-refractivity contribution in [2.75, 3.05) is 5.32 Å². The van der Waals surface area contributed by atoms with E-state index in [-0.39, 0.29) is 12.6 Å². The minimum Gasteiger partial charge on any atom is -0.471 e. The van der Waals surface area contributed by atoms with Gasteiger partial charge in [-0.05, 0) is 31.6 Å². The fraction of sp³-hybridized carbons (Fsp3) is 0.200. The van der Waals surface area contributed by atoms with Crippen molar-refractivity contribution in [2.24, 2.45) is 0 Å². The number of benzene rings is 1. The van der Waals surface area contributed by atoms with Crippen LogP contribution < -0.4 is 10.1 Å². The number of hydrogen-bond donors (Lipinski definition) is 1. The second-order valence-electron chi connectivity index (χ2n) is 4.50. The molecule has 0 saturated carbocycles. The predicted molar refractivity (Wildman–Crippen MR) is 77.6 cm³/mol. The Bertz CT molecular complexity index is 632. The van der Waals surface area contributed by atoms with E-state index in [4.69, 9.17) is 4.74 Å². The molecule has 104 valence electrons. The lowest BCUT2D eigenvalue weighted by Crippen LogP contribution is -2.08. The number of anilines is 1. The molecule has 0 saturated heterocycles. The topological polar surface area (TPSA) is 56.2 Å². The van der Waals surface area contributed by atoms with Crippen molar-refractivity contribution < 1.29 is 9.53 Å². The third-order valence-electron chi connectivity index (χ3n) is 2.77. The van der Waals surface area contributed by atoms with Gasteiger partial charge in [-0.2, -0.15) is 5.10 Å². The molecule has 1 aromatic heterocycles. The maximum Gasteiger partial charge on any atom is 0.247 e. The zero-order chi connectivity index (χ0) is 14.5. The summed E-state index contributed by atoms with van der Waals surface area (Å²) >= 11 is 0. The van der Waals surface area contributed by atoms with Gasteiger partial charge < -0.3 is 10.1 Å². The highest BCUT2D eigenvalue weighted by atomic mass is 16.5. The summed E-state index contributed by atoms with van der Waals surface area (Å²) in [4.78, 5) is 11.1. The Morgan fingerprint density at radius 2 is 2.30 bits per heavy atom. The first kappa shape index (κ1) is 13.9. The summed E-state index contributed by atoms with van der Waals surface area (Å²) < 4.78 is 7.30. The Kier molecular flexibility index (Phi) is 4.20. The number of nitrogens with zero attached hydrogens (tertiary/aromatic N) is 2. The zero-order valence-corrected chi connectivity index (χ0v) is 11.6. The number of amides is 1. The molecule has 0 aliphatic heterocycles. The van der Waals surface area contributed by atoms with E-state index in [1.165, 1.54) is 11.6 Å². The number of hydrogen-bond acceptors (Lipinski definition) is 3. The Morgan fingerprint density at radius 1 is 1.50 bits per heavy atom. The molecule has 1 amide bonds. The summed E-state index contributed by atoms with van der Waals surface area (Å²) in [6.07, 6.45) is 4.47. The maximum absolute atomic E-state index is 11.1. The van der Waals surface area contributed by atoms with Gasteiger partial charge in [0.1, 0.15) is 5.75 Å². The lowest BCUT2D eigenvalue weighted by molar-refractivity contribution is -0.111. The van der Waals surface area contributed by atoms with Crippen LogP contribution in [0.15, 0.2) is 43.2 Å².